The molecule has 3 rings (SSSR count). The summed E-state index contributed by atoms with van der Waals surface area (Å²) in [6, 6.07) is 19.5. The highest BCUT2D eigenvalue weighted by atomic mass is 14.5. The van der Waals surface area contributed by atoms with Crippen molar-refractivity contribution in [2.75, 3.05) is 0 Å². The fraction of sp³-hybridized carbons (Fsp3) is 0.238. The maximum Gasteiger partial charge on any atom is 0.0245 e. The zero-order valence-electron chi connectivity index (χ0n) is 13.1. The second-order valence-corrected chi connectivity index (χ2v) is 6.12. The Labute approximate surface area is 127 Å². The molecule has 0 heteroatoms. The fourth-order valence-electron chi connectivity index (χ4n) is 3.82. The Morgan fingerprint density at radius 3 is 2.24 bits per heavy atom. The van der Waals surface area contributed by atoms with Crippen molar-refractivity contribution < 1.29 is 0 Å². The summed E-state index contributed by atoms with van der Waals surface area (Å²) in [7, 11) is 0. The van der Waals surface area contributed by atoms with E-state index in [0.29, 0.717) is 0 Å². The second kappa shape index (κ2) is 5.04. The monoisotopic (exact) mass is 274 g/mol. The summed E-state index contributed by atoms with van der Waals surface area (Å²) in [5.41, 5.74) is 7.00. The number of rotatable bonds is 3. The van der Waals surface area contributed by atoms with Crippen LogP contribution in [0, 0.1) is 0 Å². The standard InChI is InChI=1S/C21H22/c1-5-19(17-11-7-6-8-12-17)21(4)16(3)15(2)18-13-9-10-14-20(18)21/h5-14,19H,1H2,2-4H3/t19-,21-/m1/s1. The molecule has 2 aromatic rings. The molecule has 0 fully saturated rings. The van der Waals surface area contributed by atoms with E-state index in [2.05, 4.69) is 88.0 Å². The average Bonchev–Trinajstić information content (AvgIpc) is 2.72. The molecule has 0 saturated carbocycles. The quantitative estimate of drug-likeness (QED) is 0.628. The summed E-state index contributed by atoms with van der Waals surface area (Å²) >= 11 is 0. The lowest BCUT2D eigenvalue weighted by atomic mass is 9.67. The van der Waals surface area contributed by atoms with Gasteiger partial charge in [0.2, 0.25) is 0 Å². The van der Waals surface area contributed by atoms with E-state index in [1.807, 2.05) is 0 Å². The van der Waals surface area contributed by atoms with E-state index in [4.69, 9.17) is 0 Å². The highest BCUT2D eigenvalue weighted by molar-refractivity contribution is 5.79. The largest absolute Gasteiger partial charge is 0.102 e. The van der Waals surface area contributed by atoms with Crippen molar-refractivity contribution in [3.8, 4) is 0 Å². The minimum Gasteiger partial charge on any atom is -0.102 e. The summed E-state index contributed by atoms with van der Waals surface area (Å²) in [5, 5.41) is 0. The summed E-state index contributed by atoms with van der Waals surface area (Å²) < 4.78 is 0. The van der Waals surface area contributed by atoms with E-state index in [-0.39, 0.29) is 11.3 Å². The van der Waals surface area contributed by atoms with Gasteiger partial charge in [-0.25, -0.2) is 0 Å². The van der Waals surface area contributed by atoms with Crippen LogP contribution in [-0.2, 0) is 5.41 Å². The van der Waals surface area contributed by atoms with Crippen LogP contribution in [0.5, 0.6) is 0 Å². The van der Waals surface area contributed by atoms with Crippen molar-refractivity contribution in [2.24, 2.45) is 0 Å². The van der Waals surface area contributed by atoms with E-state index in [1.165, 1.54) is 27.8 Å². The minimum atomic E-state index is -0.0101. The van der Waals surface area contributed by atoms with Crippen molar-refractivity contribution in [3.63, 3.8) is 0 Å². The Bertz CT molecular complexity index is 706. The molecule has 21 heavy (non-hydrogen) atoms. The number of fused-ring (bicyclic) bond motifs is 1. The molecule has 0 saturated heterocycles. The zero-order valence-corrected chi connectivity index (χ0v) is 13.1. The van der Waals surface area contributed by atoms with Crippen LogP contribution in [0.3, 0.4) is 0 Å². The van der Waals surface area contributed by atoms with E-state index in [0.717, 1.165) is 0 Å². The number of hydrogen-bond acceptors (Lipinski definition) is 0. The van der Waals surface area contributed by atoms with E-state index < -0.39 is 0 Å². The van der Waals surface area contributed by atoms with Gasteiger partial charge < -0.3 is 0 Å². The Morgan fingerprint density at radius 2 is 1.57 bits per heavy atom. The van der Waals surface area contributed by atoms with Crippen LogP contribution >= 0.6 is 0 Å². The van der Waals surface area contributed by atoms with Crippen LogP contribution in [0.25, 0.3) is 5.57 Å². The highest BCUT2D eigenvalue weighted by Gasteiger charge is 2.43. The lowest BCUT2D eigenvalue weighted by Crippen LogP contribution is -2.29. The third kappa shape index (κ3) is 1.90. The molecule has 0 aromatic heterocycles. The predicted octanol–water partition coefficient (Wildman–Crippen LogP) is 5.72. The van der Waals surface area contributed by atoms with Crippen molar-refractivity contribution in [1.29, 1.82) is 0 Å². The first-order valence-corrected chi connectivity index (χ1v) is 7.56. The number of benzene rings is 2. The molecular weight excluding hydrogens is 252 g/mol. The predicted molar refractivity (Wildman–Crippen MR) is 91.4 cm³/mol. The molecule has 0 N–H and O–H groups in total. The van der Waals surface area contributed by atoms with Gasteiger partial charge in [0.25, 0.3) is 0 Å². The first-order valence-electron chi connectivity index (χ1n) is 7.56. The molecule has 0 heterocycles. The molecule has 2 aromatic carbocycles. The third-order valence-electron chi connectivity index (χ3n) is 5.25. The Hall–Kier alpha value is -2.08. The van der Waals surface area contributed by atoms with Gasteiger partial charge >= 0.3 is 0 Å². The molecule has 1 aliphatic carbocycles. The third-order valence-corrected chi connectivity index (χ3v) is 5.25. The molecule has 0 nitrogen and oxygen atoms in total. The van der Waals surface area contributed by atoms with Crippen molar-refractivity contribution in [3.05, 3.63) is 89.5 Å². The SMILES string of the molecule is C=C[C@H](c1ccccc1)[C@@]1(C)C(C)=C(C)c2ccccc21. The van der Waals surface area contributed by atoms with Crippen molar-refractivity contribution in [2.45, 2.75) is 32.1 Å². The van der Waals surface area contributed by atoms with Crippen molar-refractivity contribution in [1.82, 2.24) is 0 Å². The number of hydrogen-bond donors (Lipinski definition) is 0. The molecule has 0 spiro atoms. The van der Waals surface area contributed by atoms with E-state index in [1.54, 1.807) is 0 Å². The summed E-state index contributed by atoms with van der Waals surface area (Å²) in [6.07, 6.45) is 2.11. The van der Waals surface area contributed by atoms with Gasteiger partial charge in [-0.05, 0) is 36.1 Å². The summed E-state index contributed by atoms with van der Waals surface area (Å²) in [5.74, 6) is 0.289. The number of allylic oxidation sites excluding steroid dienone is 3. The Morgan fingerprint density at radius 1 is 0.952 bits per heavy atom. The topological polar surface area (TPSA) is 0 Å². The van der Waals surface area contributed by atoms with Crippen LogP contribution in [0.2, 0.25) is 0 Å². The van der Waals surface area contributed by atoms with Gasteiger partial charge in [0, 0.05) is 11.3 Å². The molecule has 0 aliphatic heterocycles. The van der Waals surface area contributed by atoms with Gasteiger partial charge in [-0.1, -0.05) is 73.2 Å². The van der Waals surface area contributed by atoms with E-state index >= 15 is 0 Å². The van der Waals surface area contributed by atoms with Gasteiger partial charge in [0.1, 0.15) is 0 Å². The molecule has 0 bridgehead atoms. The van der Waals surface area contributed by atoms with Gasteiger partial charge in [-0.2, -0.15) is 0 Å². The van der Waals surface area contributed by atoms with Crippen LogP contribution in [0.15, 0.2) is 72.8 Å². The molecular formula is C21H22. The van der Waals surface area contributed by atoms with Crippen LogP contribution in [0.4, 0.5) is 0 Å². The highest BCUT2D eigenvalue weighted by Crippen LogP contribution is 2.53. The average molecular weight is 274 g/mol. The maximum absolute atomic E-state index is 4.14. The molecule has 0 radical (unpaired) electrons. The first-order chi connectivity index (χ1) is 10.1. The normalized spacial score (nSPS) is 22.0. The molecule has 1 aliphatic rings. The molecule has 0 amide bonds. The fourth-order valence-corrected chi connectivity index (χ4v) is 3.82. The Balaban J connectivity index is 2.22. The molecule has 106 valence electrons. The minimum absolute atomic E-state index is 0.0101. The van der Waals surface area contributed by atoms with Crippen molar-refractivity contribution >= 4 is 5.57 Å². The first kappa shape index (κ1) is 13.9. The lowest BCUT2D eigenvalue weighted by Gasteiger charge is -2.36. The summed E-state index contributed by atoms with van der Waals surface area (Å²) in [4.78, 5) is 0. The maximum atomic E-state index is 4.14. The zero-order chi connectivity index (χ0) is 15.0. The van der Waals surface area contributed by atoms with Crippen LogP contribution < -0.4 is 0 Å². The van der Waals surface area contributed by atoms with Gasteiger partial charge in [-0.15, -0.1) is 6.58 Å². The Kier molecular flexibility index (Phi) is 3.33. The molecule has 0 unspecified atom stereocenters. The molecule has 2 atom stereocenters. The van der Waals surface area contributed by atoms with Gasteiger partial charge in [0.15, 0.2) is 0 Å². The van der Waals surface area contributed by atoms with Crippen LogP contribution in [-0.4, -0.2) is 0 Å². The van der Waals surface area contributed by atoms with E-state index in [9.17, 15) is 0 Å². The smallest absolute Gasteiger partial charge is 0.0245 e. The lowest BCUT2D eigenvalue weighted by molar-refractivity contribution is 0.509. The summed E-state index contributed by atoms with van der Waals surface area (Å²) in [6.45, 7) is 11.0. The van der Waals surface area contributed by atoms with Gasteiger partial charge in [-0.3, -0.25) is 0 Å². The second-order valence-electron chi connectivity index (χ2n) is 6.12. The van der Waals surface area contributed by atoms with Gasteiger partial charge in [0.05, 0.1) is 0 Å². The van der Waals surface area contributed by atoms with Crippen LogP contribution in [0.1, 0.15) is 43.4 Å².